The lowest BCUT2D eigenvalue weighted by atomic mass is 10.6. The first-order valence-corrected chi connectivity index (χ1v) is 3.10. The Bertz CT molecular complexity index is 130. The van der Waals surface area contributed by atoms with E-state index in [9.17, 15) is 4.79 Å². The number of carbonyl (C=O) groups excluding carboxylic acids is 1. The van der Waals surface area contributed by atoms with E-state index in [1.165, 1.54) is 6.20 Å². The van der Waals surface area contributed by atoms with E-state index in [-0.39, 0.29) is 0 Å². The van der Waals surface area contributed by atoms with E-state index in [0.29, 0.717) is 6.61 Å². The molecule has 0 unspecified atom stereocenters. The second-order valence-corrected chi connectivity index (χ2v) is 1.96. The summed E-state index contributed by atoms with van der Waals surface area (Å²) >= 11 is 0. The molecular formula is C7H12NO2. The van der Waals surface area contributed by atoms with Gasteiger partial charge in [-0.05, 0) is 6.92 Å². The zero-order chi connectivity index (χ0) is 7.98. The first-order chi connectivity index (χ1) is 4.66. The molecule has 0 spiro atoms. The van der Waals surface area contributed by atoms with Crippen molar-refractivity contribution in [3.8, 4) is 0 Å². The van der Waals surface area contributed by atoms with Crippen molar-refractivity contribution >= 4 is 5.97 Å². The van der Waals surface area contributed by atoms with E-state index in [1.807, 2.05) is 14.1 Å². The molecule has 0 aliphatic heterocycles. The van der Waals surface area contributed by atoms with Crippen LogP contribution in [0.1, 0.15) is 6.92 Å². The smallest absolute Gasteiger partial charge is 0.340 e. The van der Waals surface area contributed by atoms with Crippen LogP contribution in [-0.4, -0.2) is 31.6 Å². The zero-order valence-corrected chi connectivity index (χ0v) is 6.55. The van der Waals surface area contributed by atoms with E-state index >= 15 is 0 Å². The highest BCUT2D eigenvalue weighted by molar-refractivity contribution is 5.77. The van der Waals surface area contributed by atoms with Crippen LogP contribution in [0.25, 0.3) is 0 Å². The molecule has 0 aliphatic carbocycles. The summed E-state index contributed by atoms with van der Waals surface area (Å²) < 4.78 is 4.58. The van der Waals surface area contributed by atoms with E-state index < -0.39 is 5.97 Å². The number of ether oxygens (including phenoxy) is 1. The summed E-state index contributed by atoms with van der Waals surface area (Å²) in [6, 6.07) is 0. The summed E-state index contributed by atoms with van der Waals surface area (Å²) in [6.45, 7) is 2.16. The zero-order valence-electron chi connectivity index (χ0n) is 6.55. The fourth-order valence-electron chi connectivity index (χ4n) is 0.355. The van der Waals surface area contributed by atoms with Crippen LogP contribution in [0.5, 0.6) is 0 Å². The molecule has 0 heterocycles. The molecule has 10 heavy (non-hydrogen) atoms. The largest absolute Gasteiger partial charge is 0.462 e. The number of hydrogen-bond donors (Lipinski definition) is 0. The Morgan fingerprint density at radius 2 is 2.30 bits per heavy atom. The molecule has 0 saturated heterocycles. The average Bonchev–Trinajstić information content (AvgIpc) is 1.85. The molecule has 0 fully saturated rings. The van der Waals surface area contributed by atoms with Gasteiger partial charge in [0, 0.05) is 20.3 Å². The van der Waals surface area contributed by atoms with E-state index in [1.54, 1.807) is 11.8 Å². The Hall–Kier alpha value is -0.990. The Morgan fingerprint density at radius 1 is 1.70 bits per heavy atom. The van der Waals surface area contributed by atoms with Gasteiger partial charge in [0.1, 0.15) is 0 Å². The average molecular weight is 142 g/mol. The van der Waals surface area contributed by atoms with Crippen molar-refractivity contribution < 1.29 is 9.53 Å². The Kier molecular flexibility index (Phi) is 4.37. The van der Waals surface area contributed by atoms with Crippen molar-refractivity contribution in [1.82, 2.24) is 4.90 Å². The third-order valence-corrected chi connectivity index (χ3v) is 0.716. The summed E-state index contributed by atoms with van der Waals surface area (Å²) in [5.74, 6) is -0.420. The van der Waals surface area contributed by atoms with Crippen LogP contribution < -0.4 is 0 Å². The molecule has 0 aromatic carbocycles. The van der Waals surface area contributed by atoms with Crippen LogP contribution in [0.2, 0.25) is 0 Å². The molecular weight excluding hydrogens is 130 g/mol. The third-order valence-electron chi connectivity index (χ3n) is 0.716. The second-order valence-electron chi connectivity index (χ2n) is 1.96. The van der Waals surface area contributed by atoms with Gasteiger partial charge in [0.15, 0.2) is 0 Å². The highest BCUT2D eigenvalue weighted by atomic mass is 16.5. The molecule has 0 N–H and O–H groups in total. The van der Waals surface area contributed by atoms with Crippen molar-refractivity contribution in [3.63, 3.8) is 0 Å². The van der Waals surface area contributed by atoms with Gasteiger partial charge in [-0.3, -0.25) is 0 Å². The Balaban J connectivity index is 3.56. The molecule has 1 radical (unpaired) electrons. The van der Waals surface area contributed by atoms with Crippen LogP contribution in [0.4, 0.5) is 0 Å². The molecule has 0 aromatic rings. The fourth-order valence-corrected chi connectivity index (χ4v) is 0.355. The molecule has 57 valence electrons. The SMILES string of the molecule is CCOC(=O)/[C]=C\N(C)C. The lowest BCUT2D eigenvalue weighted by molar-refractivity contribution is -0.138. The van der Waals surface area contributed by atoms with Crippen molar-refractivity contribution in [2.75, 3.05) is 20.7 Å². The van der Waals surface area contributed by atoms with Crippen LogP contribution in [0.15, 0.2) is 6.20 Å². The number of esters is 1. The van der Waals surface area contributed by atoms with Crippen molar-refractivity contribution in [3.05, 3.63) is 12.3 Å². The number of hydrogen-bond acceptors (Lipinski definition) is 3. The minimum absolute atomic E-state index is 0.396. The van der Waals surface area contributed by atoms with Gasteiger partial charge in [0.05, 0.1) is 12.7 Å². The highest BCUT2D eigenvalue weighted by Gasteiger charge is 1.92. The number of rotatable bonds is 3. The summed E-state index contributed by atoms with van der Waals surface area (Å²) in [5.41, 5.74) is 0. The minimum Gasteiger partial charge on any atom is -0.462 e. The molecule has 0 aromatic heterocycles. The molecule has 0 saturated carbocycles. The lowest BCUT2D eigenvalue weighted by Crippen LogP contribution is -2.05. The third kappa shape index (κ3) is 5.15. The molecule has 0 amide bonds. The number of carbonyl (C=O) groups is 1. The molecule has 0 atom stereocenters. The number of nitrogens with zero attached hydrogens (tertiary/aromatic N) is 1. The predicted octanol–water partition coefficient (Wildman–Crippen LogP) is 0.428. The van der Waals surface area contributed by atoms with E-state index in [4.69, 9.17) is 0 Å². The summed E-state index contributed by atoms with van der Waals surface area (Å²) in [4.78, 5) is 12.3. The van der Waals surface area contributed by atoms with Gasteiger partial charge in [0.25, 0.3) is 0 Å². The molecule has 3 nitrogen and oxygen atoms in total. The van der Waals surface area contributed by atoms with Gasteiger partial charge >= 0.3 is 5.97 Å². The van der Waals surface area contributed by atoms with Crippen LogP contribution in [-0.2, 0) is 9.53 Å². The van der Waals surface area contributed by atoms with E-state index in [0.717, 1.165) is 0 Å². The summed E-state index contributed by atoms with van der Waals surface area (Å²) in [7, 11) is 3.62. The topological polar surface area (TPSA) is 29.5 Å². The van der Waals surface area contributed by atoms with Gasteiger partial charge in [-0.15, -0.1) is 0 Å². The van der Waals surface area contributed by atoms with Gasteiger partial charge in [0.2, 0.25) is 0 Å². The lowest BCUT2D eigenvalue weighted by Gasteiger charge is -2.01. The minimum atomic E-state index is -0.420. The molecule has 0 aliphatic rings. The van der Waals surface area contributed by atoms with Crippen LogP contribution in [0.3, 0.4) is 0 Å². The van der Waals surface area contributed by atoms with Crippen molar-refractivity contribution in [1.29, 1.82) is 0 Å². The standard InChI is InChI=1S/C7H12NO2/c1-4-10-7(9)5-6-8(2)3/h6H,4H2,1-3H3. The Morgan fingerprint density at radius 3 is 2.70 bits per heavy atom. The molecule has 0 rings (SSSR count). The van der Waals surface area contributed by atoms with Crippen LogP contribution in [0, 0.1) is 6.08 Å². The van der Waals surface area contributed by atoms with Gasteiger partial charge in [-0.2, -0.15) is 0 Å². The normalized spacial score (nSPS) is 9.90. The quantitative estimate of drug-likeness (QED) is 0.422. The first-order valence-electron chi connectivity index (χ1n) is 3.10. The van der Waals surface area contributed by atoms with Gasteiger partial charge in [-0.1, -0.05) is 0 Å². The predicted molar refractivity (Wildman–Crippen MR) is 38.1 cm³/mol. The van der Waals surface area contributed by atoms with Gasteiger partial charge in [-0.25, -0.2) is 4.79 Å². The Labute approximate surface area is 61.3 Å². The van der Waals surface area contributed by atoms with Crippen LogP contribution >= 0.6 is 0 Å². The monoisotopic (exact) mass is 142 g/mol. The molecule has 0 bridgehead atoms. The van der Waals surface area contributed by atoms with Gasteiger partial charge < -0.3 is 9.64 Å². The maximum absolute atomic E-state index is 10.6. The molecule has 3 heteroatoms. The first kappa shape index (κ1) is 9.01. The van der Waals surface area contributed by atoms with Crippen molar-refractivity contribution in [2.45, 2.75) is 6.92 Å². The highest BCUT2D eigenvalue weighted by Crippen LogP contribution is 1.80. The van der Waals surface area contributed by atoms with E-state index in [2.05, 4.69) is 10.8 Å². The maximum atomic E-state index is 10.6. The van der Waals surface area contributed by atoms with Crippen molar-refractivity contribution in [2.24, 2.45) is 0 Å². The second kappa shape index (κ2) is 4.85. The summed E-state index contributed by atoms with van der Waals surface area (Å²) in [6.07, 6.45) is 3.95. The maximum Gasteiger partial charge on any atom is 0.340 e. The summed E-state index contributed by atoms with van der Waals surface area (Å²) in [5, 5.41) is 0. The fraction of sp³-hybridized carbons (Fsp3) is 0.571.